The molecule has 0 aliphatic rings. The van der Waals surface area contributed by atoms with Crippen LogP contribution in [0.4, 0.5) is 0 Å². The van der Waals surface area contributed by atoms with Gasteiger partial charge in [-0.3, -0.25) is 9.78 Å². The van der Waals surface area contributed by atoms with Crippen molar-refractivity contribution in [3.05, 3.63) is 98.5 Å². The lowest BCUT2D eigenvalue weighted by Gasteiger charge is -2.15. The van der Waals surface area contributed by atoms with Gasteiger partial charge in [-0.25, -0.2) is 4.79 Å². The fraction of sp³-hybridized carbons (Fsp3) is 0.192. The van der Waals surface area contributed by atoms with E-state index in [0.717, 1.165) is 38.5 Å². The van der Waals surface area contributed by atoms with Crippen molar-refractivity contribution < 1.29 is 14.6 Å². The van der Waals surface area contributed by atoms with Gasteiger partial charge in [0.2, 0.25) is 0 Å². The fourth-order valence-corrected chi connectivity index (χ4v) is 4.44. The Morgan fingerprint density at radius 1 is 0.875 bits per heavy atom. The van der Waals surface area contributed by atoms with E-state index in [9.17, 15) is 4.79 Å². The molecular formula is C26H24Cl2O3S. The summed E-state index contributed by atoms with van der Waals surface area (Å²) in [6, 6.07) is 17.5. The Hall–Kier alpha value is -2.40. The van der Waals surface area contributed by atoms with Gasteiger partial charge in [0.05, 0.1) is 0 Å². The first-order valence-corrected chi connectivity index (χ1v) is 11.8. The van der Waals surface area contributed by atoms with Crippen LogP contribution in [0.25, 0.3) is 5.57 Å². The Kier molecular flexibility index (Phi) is 8.30. The van der Waals surface area contributed by atoms with Crippen LogP contribution >= 0.6 is 35.0 Å². The fourth-order valence-electron chi connectivity index (χ4n) is 3.20. The lowest BCUT2D eigenvalue weighted by atomic mass is 9.98. The summed E-state index contributed by atoms with van der Waals surface area (Å²) < 4.78 is 0. The molecule has 0 N–H and O–H groups in total. The number of halogens is 2. The lowest BCUT2D eigenvalue weighted by molar-refractivity contribution is -0.211. The SMILES string of the molecule is CC(=O)OOc1cc(SCC=C(c2ccc(Cl)cc2)c2ccc(Cl)cc2)c(C)c(C)c1C. The molecule has 0 bridgehead atoms. The van der Waals surface area contributed by atoms with Crippen LogP contribution < -0.4 is 4.89 Å². The largest absolute Gasteiger partial charge is 0.352 e. The Morgan fingerprint density at radius 2 is 1.41 bits per heavy atom. The monoisotopic (exact) mass is 486 g/mol. The zero-order valence-electron chi connectivity index (χ0n) is 18.4. The van der Waals surface area contributed by atoms with Crippen LogP contribution in [-0.4, -0.2) is 11.7 Å². The number of rotatable bonds is 7. The highest BCUT2D eigenvalue weighted by Crippen LogP contribution is 2.35. The smallest absolute Gasteiger partial charge is 0.287 e. The predicted octanol–water partition coefficient (Wildman–Crippen LogP) is 8.00. The molecule has 3 aromatic carbocycles. The van der Waals surface area contributed by atoms with Crippen LogP contribution in [0.15, 0.2) is 65.6 Å². The predicted molar refractivity (Wildman–Crippen MR) is 134 cm³/mol. The number of carbonyl (C=O) groups is 1. The van der Waals surface area contributed by atoms with Gasteiger partial charge >= 0.3 is 5.97 Å². The summed E-state index contributed by atoms with van der Waals surface area (Å²) >= 11 is 13.9. The lowest BCUT2D eigenvalue weighted by Crippen LogP contribution is -2.05. The average molecular weight is 487 g/mol. The minimum absolute atomic E-state index is 0.490. The molecule has 0 aliphatic heterocycles. The topological polar surface area (TPSA) is 35.5 Å². The van der Waals surface area contributed by atoms with E-state index >= 15 is 0 Å². The van der Waals surface area contributed by atoms with Crippen molar-refractivity contribution in [2.75, 3.05) is 5.75 Å². The van der Waals surface area contributed by atoms with E-state index < -0.39 is 5.97 Å². The van der Waals surface area contributed by atoms with Crippen LogP contribution in [0.3, 0.4) is 0 Å². The normalized spacial score (nSPS) is 10.6. The average Bonchev–Trinajstić information content (AvgIpc) is 2.77. The van der Waals surface area contributed by atoms with Crippen LogP contribution in [0.1, 0.15) is 34.7 Å². The third-order valence-electron chi connectivity index (χ3n) is 5.21. The van der Waals surface area contributed by atoms with Crippen molar-refractivity contribution in [1.29, 1.82) is 0 Å². The minimum atomic E-state index is -0.490. The quantitative estimate of drug-likeness (QED) is 0.192. The minimum Gasteiger partial charge on any atom is -0.287 e. The van der Waals surface area contributed by atoms with Crippen LogP contribution in [0, 0.1) is 20.8 Å². The molecule has 0 saturated carbocycles. The van der Waals surface area contributed by atoms with E-state index in [0.29, 0.717) is 15.8 Å². The Morgan fingerprint density at radius 3 is 1.91 bits per heavy atom. The summed E-state index contributed by atoms with van der Waals surface area (Å²) in [5, 5.41) is 1.40. The molecule has 6 heteroatoms. The van der Waals surface area contributed by atoms with Crippen molar-refractivity contribution in [2.45, 2.75) is 32.6 Å². The first-order chi connectivity index (χ1) is 15.3. The standard InChI is InChI=1S/C26H24Cl2O3S/c1-16-17(2)25(31-30-19(4)29)15-26(18(16)3)32-14-13-24(20-5-9-22(27)10-6-20)21-7-11-23(28)12-8-21/h5-13,15H,14H2,1-4H3. The molecule has 0 heterocycles. The van der Waals surface area contributed by atoms with E-state index in [1.165, 1.54) is 12.5 Å². The van der Waals surface area contributed by atoms with Gasteiger partial charge in [-0.1, -0.05) is 53.5 Å². The number of benzene rings is 3. The second kappa shape index (κ2) is 11.0. The molecule has 0 atom stereocenters. The summed E-state index contributed by atoms with van der Waals surface area (Å²) in [6.07, 6.45) is 2.19. The molecule has 0 saturated heterocycles. The van der Waals surface area contributed by atoms with Crippen LogP contribution in [0.2, 0.25) is 10.0 Å². The zero-order chi connectivity index (χ0) is 23.3. The van der Waals surface area contributed by atoms with E-state index in [2.05, 4.69) is 13.0 Å². The summed E-state index contributed by atoms with van der Waals surface area (Å²) in [4.78, 5) is 22.2. The highest BCUT2D eigenvalue weighted by atomic mass is 35.5. The number of hydrogen-bond acceptors (Lipinski definition) is 4. The van der Waals surface area contributed by atoms with Gasteiger partial charge in [0.15, 0.2) is 5.75 Å². The molecule has 0 radical (unpaired) electrons. The van der Waals surface area contributed by atoms with Crippen molar-refractivity contribution >= 4 is 46.5 Å². The summed E-state index contributed by atoms with van der Waals surface area (Å²) in [6.45, 7) is 7.39. The molecule has 0 fully saturated rings. The molecule has 3 rings (SSSR count). The van der Waals surface area contributed by atoms with Crippen LogP contribution in [0.5, 0.6) is 5.75 Å². The summed E-state index contributed by atoms with van der Waals surface area (Å²) in [5.41, 5.74) is 6.49. The Balaban J connectivity index is 1.90. The third-order valence-corrected chi connectivity index (χ3v) is 6.78. The molecule has 0 aliphatic carbocycles. The van der Waals surface area contributed by atoms with E-state index in [1.807, 2.05) is 68.4 Å². The summed E-state index contributed by atoms with van der Waals surface area (Å²) in [7, 11) is 0. The van der Waals surface area contributed by atoms with Crippen molar-refractivity contribution in [3.8, 4) is 5.75 Å². The molecular weight excluding hydrogens is 463 g/mol. The van der Waals surface area contributed by atoms with Crippen molar-refractivity contribution in [3.63, 3.8) is 0 Å². The third kappa shape index (κ3) is 6.10. The zero-order valence-corrected chi connectivity index (χ0v) is 20.7. The van der Waals surface area contributed by atoms with Gasteiger partial charge < -0.3 is 0 Å². The second-order valence-corrected chi connectivity index (χ2v) is 9.28. The van der Waals surface area contributed by atoms with Gasteiger partial charge in [-0.05, 0) is 84.5 Å². The Labute approximate surface area is 203 Å². The first kappa shape index (κ1) is 24.2. The highest BCUT2D eigenvalue weighted by molar-refractivity contribution is 7.99. The highest BCUT2D eigenvalue weighted by Gasteiger charge is 2.13. The first-order valence-electron chi connectivity index (χ1n) is 10.1. The number of carbonyl (C=O) groups excluding carboxylic acids is 1. The molecule has 0 spiro atoms. The van der Waals surface area contributed by atoms with Gasteiger partial charge in [0.1, 0.15) is 0 Å². The van der Waals surface area contributed by atoms with E-state index in [-0.39, 0.29) is 0 Å². The molecule has 0 unspecified atom stereocenters. The molecule has 0 aromatic heterocycles. The Bertz CT molecular complexity index is 1090. The van der Waals surface area contributed by atoms with Gasteiger partial charge in [-0.15, -0.1) is 11.8 Å². The molecule has 32 heavy (non-hydrogen) atoms. The summed E-state index contributed by atoms with van der Waals surface area (Å²) in [5.74, 6) is 0.789. The maximum Gasteiger partial charge on any atom is 0.352 e. The van der Waals surface area contributed by atoms with Crippen molar-refractivity contribution in [1.82, 2.24) is 0 Å². The maximum atomic E-state index is 11.1. The molecule has 3 aromatic rings. The van der Waals surface area contributed by atoms with Gasteiger partial charge in [-0.2, -0.15) is 0 Å². The van der Waals surface area contributed by atoms with E-state index in [1.54, 1.807) is 11.8 Å². The maximum absolute atomic E-state index is 11.1. The van der Waals surface area contributed by atoms with Crippen molar-refractivity contribution in [2.24, 2.45) is 0 Å². The number of thioether (sulfide) groups is 1. The van der Waals surface area contributed by atoms with Crippen LogP contribution in [-0.2, 0) is 9.68 Å². The molecule has 166 valence electrons. The van der Waals surface area contributed by atoms with Gasteiger partial charge in [0, 0.05) is 27.6 Å². The number of hydrogen-bond donors (Lipinski definition) is 0. The second-order valence-electron chi connectivity index (χ2n) is 7.35. The molecule has 3 nitrogen and oxygen atoms in total. The van der Waals surface area contributed by atoms with E-state index in [4.69, 9.17) is 33.0 Å². The molecule has 0 amide bonds. The van der Waals surface area contributed by atoms with Gasteiger partial charge in [0.25, 0.3) is 0 Å².